The van der Waals surface area contributed by atoms with Gasteiger partial charge < -0.3 is 9.47 Å². The Morgan fingerprint density at radius 2 is 0.812 bits per heavy atom. The third kappa shape index (κ3) is 0.955. The van der Waals surface area contributed by atoms with Crippen molar-refractivity contribution in [2.45, 2.75) is 12.8 Å². The van der Waals surface area contributed by atoms with Crippen molar-refractivity contribution in [1.82, 2.24) is 0 Å². The van der Waals surface area contributed by atoms with E-state index >= 15 is 0 Å². The molecular formula is C10H4O6. The van der Waals surface area contributed by atoms with Crippen LogP contribution in [0.25, 0.3) is 0 Å². The lowest BCUT2D eigenvalue weighted by molar-refractivity contribution is -0.151. The molecule has 0 saturated carbocycles. The minimum atomic E-state index is -0.737. The van der Waals surface area contributed by atoms with Crippen LogP contribution in [0.5, 0.6) is 0 Å². The Kier molecular flexibility index (Phi) is 1.50. The summed E-state index contributed by atoms with van der Waals surface area (Å²) in [5.41, 5.74) is 0.650. The molecule has 3 aliphatic rings. The molecule has 0 aromatic carbocycles. The Balaban J connectivity index is 2.07. The number of carbonyl (C=O) groups excluding carboxylic acids is 4. The second kappa shape index (κ2) is 2.66. The number of hydrogen-bond acceptors (Lipinski definition) is 6. The van der Waals surface area contributed by atoms with Gasteiger partial charge in [0, 0.05) is 12.8 Å². The van der Waals surface area contributed by atoms with E-state index in [0.29, 0.717) is 0 Å². The average Bonchev–Trinajstić information content (AvgIpc) is 2.67. The Hall–Kier alpha value is -2.24. The molecule has 2 heterocycles. The molecule has 80 valence electrons. The Morgan fingerprint density at radius 3 is 1.06 bits per heavy atom. The quantitative estimate of drug-likeness (QED) is 0.405. The van der Waals surface area contributed by atoms with Gasteiger partial charge in [0.15, 0.2) is 0 Å². The van der Waals surface area contributed by atoms with Crippen molar-refractivity contribution in [3.63, 3.8) is 0 Å². The predicted molar refractivity (Wildman–Crippen MR) is 45.5 cm³/mol. The third-order valence-electron chi connectivity index (χ3n) is 2.79. The van der Waals surface area contributed by atoms with E-state index < -0.39 is 23.9 Å². The first-order chi connectivity index (χ1) is 7.58. The normalized spacial score (nSPS) is 23.5. The third-order valence-corrected chi connectivity index (χ3v) is 2.79. The highest BCUT2D eigenvalue weighted by molar-refractivity contribution is 6.19. The lowest BCUT2D eigenvalue weighted by Crippen LogP contribution is -2.09. The predicted octanol–water partition coefficient (Wildman–Crippen LogP) is -0.460. The molecule has 0 fully saturated rings. The molecule has 1 aliphatic carbocycles. The van der Waals surface area contributed by atoms with Gasteiger partial charge in [0.25, 0.3) is 0 Å². The van der Waals surface area contributed by atoms with Gasteiger partial charge in [-0.2, -0.15) is 0 Å². The van der Waals surface area contributed by atoms with Crippen LogP contribution in [0.4, 0.5) is 0 Å². The standard InChI is InChI=1S/C10H4O6/c11-7-3-1-4-6(10(14)16-8(4)12)2-5(3)9(13)15-7/h1-2H2. The van der Waals surface area contributed by atoms with Gasteiger partial charge >= 0.3 is 23.9 Å². The Labute approximate surface area is 88.5 Å². The highest BCUT2D eigenvalue weighted by Gasteiger charge is 2.44. The first kappa shape index (κ1) is 9.02. The number of ether oxygens (including phenoxy) is 2. The van der Waals surface area contributed by atoms with Crippen LogP contribution in [0, 0.1) is 0 Å². The maximum Gasteiger partial charge on any atom is 0.342 e. The Bertz CT molecular complexity index is 454. The minimum Gasteiger partial charge on any atom is -0.386 e. The molecule has 0 amide bonds. The van der Waals surface area contributed by atoms with E-state index in [0.717, 1.165) is 0 Å². The molecule has 0 aromatic heterocycles. The molecule has 6 nitrogen and oxygen atoms in total. The van der Waals surface area contributed by atoms with Crippen LogP contribution in [0.15, 0.2) is 22.3 Å². The minimum absolute atomic E-state index is 0.0557. The highest BCUT2D eigenvalue weighted by Crippen LogP contribution is 2.38. The smallest absolute Gasteiger partial charge is 0.342 e. The SMILES string of the molecule is O=C1OC(=O)C2=C1CC1=C(C2)C(=O)OC1=O. The lowest BCUT2D eigenvalue weighted by atomic mass is 9.88. The first-order valence-corrected chi connectivity index (χ1v) is 4.55. The van der Waals surface area contributed by atoms with Crippen LogP contribution in [0.3, 0.4) is 0 Å². The van der Waals surface area contributed by atoms with Crippen LogP contribution in [0.1, 0.15) is 12.8 Å². The summed E-state index contributed by atoms with van der Waals surface area (Å²) in [6, 6.07) is 0. The number of esters is 4. The molecule has 0 saturated heterocycles. The monoisotopic (exact) mass is 220 g/mol. The summed E-state index contributed by atoms with van der Waals surface area (Å²) in [7, 11) is 0. The molecule has 0 aromatic rings. The van der Waals surface area contributed by atoms with Crippen LogP contribution in [0.2, 0.25) is 0 Å². The molecule has 16 heavy (non-hydrogen) atoms. The zero-order chi connectivity index (χ0) is 11.4. The average molecular weight is 220 g/mol. The fraction of sp³-hybridized carbons (Fsp3) is 0.200. The summed E-state index contributed by atoms with van der Waals surface area (Å²) in [6.07, 6.45) is -0.111. The van der Waals surface area contributed by atoms with Gasteiger partial charge in [-0.25, -0.2) is 19.2 Å². The number of rotatable bonds is 0. The fourth-order valence-electron chi connectivity index (χ4n) is 1.98. The summed E-state index contributed by atoms with van der Waals surface area (Å²) < 4.78 is 8.80. The lowest BCUT2D eigenvalue weighted by Gasteiger charge is -2.08. The van der Waals surface area contributed by atoms with E-state index in [9.17, 15) is 19.2 Å². The van der Waals surface area contributed by atoms with E-state index in [4.69, 9.17) is 0 Å². The van der Waals surface area contributed by atoms with Gasteiger partial charge in [0.2, 0.25) is 0 Å². The number of carbonyl (C=O) groups is 4. The number of hydrogen-bond donors (Lipinski definition) is 0. The molecule has 0 unspecified atom stereocenters. The zero-order valence-corrected chi connectivity index (χ0v) is 7.86. The van der Waals surface area contributed by atoms with Crippen LogP contribution >= 0.6 is 0 Å². The summed E-state index contributed by atoms with van der Waals surface area (Å²) in [5, 5.41) is 0. The van der Waals surface area contributed by atoms with Gasteiger partial charge in [-0.15, -0.1) is 0 Å². The van der Waals surface area contributed by atoms with E-state index in [2.05, 4.69) is 9.47 Å². The molecule has 0 bridgehead atoms. The molecule has 0 atom stereocenters. The van der Waals surface area contributed by atoms with Crippen LogP contribution < -0.4 is 0 Å². The molecule has 6 heteroatoms. The van der Waals surface area contributed by atoms with E-state index in [1.54, 1.807) is 0 Å². The number of cyclic esters (lactones) is 4. The summed E-state index contributed by atoms with van der Waals surface area (Å²) in [4.78, 5) is 44.9. The van der Waals surface area contributed by atoms with Crippen molar-refractivity contribution < 1.29 is 28.7 Å². The van der Waals surface area contributed by atoms with Crippen molar-refractivity contribution in [3.05, 3.63) is 22.3 Å². The van der Waals surface area contributed by atoms with Gasteiger partial charge in [-0.05, 0) is 0 Å². The largest absolute Gasteiger partial charge is 0.386 e. The van der Waals surface area contributed by atoms with Crippen molar-refractivity contribution in [2.75, 3.05) is 0 Å². The summed E-state index contributed by atoms with van der Waals surface area (Å²) in [5.74, 6) is -2.95. The molecular weight excluding hydrogens is 216 g/mol. The first-order valence-electron chi connectivity index (χ1n) is 4.55. The molecule has 0 N–H and O–H groups in total. The topological polar surface area (TPSA) is 86.7 Å². The van der Waals surface area contributed by atoms with Crippen molar-refractivity contribution >= 4 is 23.9 Å². The Morgan fingerprint density at radius 1 is 0.562 bits per heavy atom. The van der Waals surface area contributed by atoms with Gasteiger partial charge in [-0.3, -0.25) is 0 Å². The van der Waals surface area contributed by atoms with E-state index in [1.165, 1.54) is 0 Å². The van der Waals surface area contributed by atoms with E-state index in [1.807, 2.05) is 0 Å². The highest BCUT2D eigenvalue weighted by atomic mass is 16.6. The van der Waals surface area contributed by atoms with Gasteiger partial charge in [0.1, 0.15) is 0 Å². The summed E-state index contributed by atoms with van der Waals surface area (Å²) in [6.45, 7) is 0. The van der Waals surface area contributed by atoms with E-state index in [-0.39, 0.29) is 35.1 Å². The van der Waals surface area contributed by atoms with Crippen molar-refractivity contribution in [1.29, 1.82) is 0 Å². The fourth-order valence-corrected chi connectivity index (χ4v) is 1.98. The van der Waals surface area contributed by atoms with Crippen molar-refractivity contribution in [3.8, 4) is 0 Å². The van der Waals surface area contributed by atoms with Crippen LogP contribution in [-0.2, 0) is 28.7 Å². The van der Waals surface area contributed by atoms with Gasteiger partial charge in [-0.1, -0.05) is 0 Å². The molecule has 0 radical (unpaired) electrons. The van der Waals surface area contributed by atoms with Gasteiger partial charge in [0.05, 0.1) is 22.3 Å². The second-order valence-corrected chi connectivity index (χ2v) is 3.62. The maximum absolute atomic E-state index is 11.2. The van der Waals surface area contributed by atoms with Crippen molar-refractivity contribution in [2.24, 2.45) is 0 Å². The maximum atomic E-state index is 11.2. The zero-order valence-electron chi connectivity index (χ0n) is 7.86. The molecule has 0 spiro atoms. The summed E-state index contributed by atoms with van der Waals surface area (Å²) >= 11 is 0. The molecule has 2 aliphatic heterocycles. The van der Waals surface area contributed by atoms with Crippen LogP contribution in [-0.4, -0.2) is 23.9 Å². The molecule has 3 rings (SSSR count). The second-order valence-electron chi connectivity index (χ2n) is 3.62.